The van der Waals surface area contributed by atoms with Gasteiger partial charge in [0.15, 0.2) is 0 Å². The SMILES string of the molecule is COc1cccc(CN(C)CCNCc2ccc(C)s2)c1. The predicted octanol–water partition coefficient (Wildman–Crippen LogP) is 3.29. The van der Waals surface area contributed by atoms with Gasteiger partial charge in [-0.2, -0.15) is 0 Å². The second-order valence-corrected chi connectivity index (χ2v) is 6.65. The summed E-state index contributed by atoms with van der Waals surface area (Å²) in [6.45, 7) is 6.08. The largest absolute Gasteiger partial charge is 0.497 e. The third-order valence-corrected chi connectivity index (χ3v) is 4.35. The third kappa shape index (κ3) is 5.50. The molecular weight excluding hydrogens is 280 g/mol. The van der Waals surface area contributed by atoms with Gasteiger partial charge in [0.25, 0.3) is 0 Å². The molecule has 21 heavy (non-hydrogen) atoms. The Bertz CT molecular complexity index is 553. The number of ether oxygens (including phenoxy) is 1. The van der Waals surface area contributed by atoms with Gasteiger partial charge in [0.2, 0.25) is 0 Å². The standard InChI is InChI=1S/C17H24N2OS/c1-14-7-8-17(21-14)12-18-9-10-19(2)13-15-5-4-6-16(11-15)20-3/h4-8,11,18H,9-10,12-13H2,1-3H3. The molecular formula is C17H24N2OS. The van der Waals surface area contributed by atoms with Crippen LogP contribution in [0.1, 0.15) is 15.3 Å². The van der Waals surface area contributed by atoms with Gasteiger partial charge >= 0.3 is 0 Å². The lowest BCUT2D eigenvalue weighted by Crippen LogP contribution is -2.28. The van der Waals surface area contributed by atoms with Gasteiger partial charge < -0.3 is 15.0 Å². The van der Waals surface area contributed by atoms with Crippen molar-refractivity contribution in [3.8, 4) is 5.75 Å². The number of hydrogen-bond donors (Lipinski definition) is 1. The lowest BCUT2D eigenvalue weighted by Gasteiger charge is -2.17. The first-order valence-corrected chi connectivity index (χ1v) is 8.06. The van der Waals surface area contributed by atoms with Crippen molar-refractivity contribution in [3.63, 3.8) is 0 Å². The minimum atomic E-state index is 0.923. The van der Waals surface area contributed by atoms with Crippen molar-refractivity contribution >= 4 is 11.3 Å². The van der Waals surface area contributed by atoms with Crippen LogP contribution in [0.2, 0.25) is 0 Å². The molecule has 0 bridgehead atoms. The first-order chi connectivity index (χ1) is 10.2. The van der Waals surface area contributed by atoms with Crippen molar-refractivity contribution in [1.82, 2.24) is 10.2 Å². The van der Waals surface area contributed by atoms with E-state index in [0.717, 1.165) is 31.9 Å². The van der Waals surface area contributed by atoms with Crippen molar-refractivity contribution in [3.05, 3.63) is 51.7 Å². The maximum absolute atomic E-state index is 5.26. The summed E-state index contributed by atoms with van der Waals surface area (Å²) >= 11 is 1.86. The summed E-state index contributed by atoms with van der Waals surface area (Å²) in [6.07, 6.45) is 0. The molecule has 0 aliphatic rings. The van der Waals surface area contributed by atoms with E-state index in [1.54, 1.807) is 7.11 Å². The average Bonchev–Trinajstić information content (AvgIpc) is 2.89. The van der Waals surface area contributed by atoms with Crippen LogP contribution in [0.25, 0.3) is 0 Å². The van der Waals surface area contributed by atoms with E-state index in [1.165, 1.54) is 15.3 Å². The Morgan fingerprint density at radius 3 is 2.81 bits per heavy atom. The molecule has 0 aliphatic heterocycles. The zero-order chi connectivity index (χ0) is 15.1. The molecule has 0 radical (unpaired) electrons. The number of methoxy groups -OCH3 is 1. The van der Waals surface area contributed by atoms with E-state index < -0.39 is 0 Å². The van der Waals surface area contributed by atoms with Crippen LogP contribution in [0.5, 0.6) is 5.75 Å². The van der Waals surface area contributed by atoms with Gasteiger partial charge in [-0.1, -0.05) is 12.1 Å². The normalized spacial score (nSPS) is 11.0. The number of benzene rings is 1. The molecule has 0 saturated carbocycles. The molecule has 114 valence electrons. The Hall–Kier alpha value is -1.36. The highest BCUT2D eigenvalue weighted by Gasteiger charge is 2.02. The Morgan fingerprint density at radius 2 is 2.10 bits per heavy atom. The summed E-state index contributed by atoms with van der Waals surface area (Å²) in [4.78, 5) is 5.10. The highest BCUT2D eigenvalue weighted by atomic mass is 32.1. The number of nitrogens with zero attached hydrogens (tertiary/aromatic N) is 1. The minimum Gasteiger partial charge on any atom is -0.497 e. The van der Waals surface area contributed by atoms with Gasteiger partial charge in [0, 0.05) is 35.9 Å². The molecule has 0 fully saturated rings. The number of hydrogen-bond acceptors (Lipinski definition) is 4. The number of thiophene rings is 1. The molecule has 2 aromatic rings. The van der Waals surface area contributed by atoms with Crippen LogP contribution in [0, 0.1) is 6.92 Å². The molecule has 0 saturated heterocycles. The predicted molar refractivity (Wildman–Crippen MR) is 90.1 cm³/mol. The fourth-order valence-electron chi connectivity index (χ4n) is 2.22. The Morgan fingerprint density at radius 1 is 1.24 bits per heavy atom. The summed E-state index contributed by atoms with van der Waals surface area (Å²) in [5, 5.41) is 3.50. The fourth-order valence-corrected chi connectivity index (χ4v) is 3.08. The topological polar surface area (TPSA) is 24.5 Å². The van der Waals surface area contributed by atoms with Gasteiger partial charge in [-0.05, 0) is 43.8 Å². The van der Waals surface area contributed by atoms with Crippen molar-refractivity contribution in [2.24, 2.45) is 0 Å². The second-order valence-electron chi connectivity index (χ2n) is 5.28. The van der Waals surface area contributed by atoms with Gasteiger partial charge in [0.1, 0.15) is 5.75 Å². The molecule has 1 aromatic carbocycles. The van der Waals surface area contributed by atoms with Gasteiger partial charge in [-0.25, -0.2) is 0 Å². The summed E-state index contributed by atoms with van der Waals surface area (Å²) in [6, 6.07) is 12.6. The van der Waals surface area contributed by atoms with Gasteiger partial charge in [-0.15, -0.1) is 11.3 Å². The molecule has 0 amide bonds. The monoisotopic (exact) mass is 304 g/mol. The molecule has 1 aromatic heterocycles. The fraction of sp³-hybridized carbons (Fsp3) is 0.412. The van der Waals surface area contributed by atoms with Gasteiger partial charge in [0.05, 0.1) is 7.11 Å². The van der Waals surface area contributed by atoms with E-state index in [9.17, 15) is 0 Å². The molecule has 2 rings (SSSR count). The van der Waals surface area contributed by atoms with Crippen molar-refractivity contribution in [1.29, 1.82) is 0 Å². The van der Waals surface area contributed by atoms with Crippen LogP contribution in [0.4, 0.5) is 0 Å². The maximum Gasteiger partial charge on any atom is 0.119 e. The number of likely N-dealkylation sites (N-methyl/N-ethyl adjacent to an activating group) is 1. The lowest BCUT2D eigenvalue weighted by atomic mass is 10.2. The Balaban J connectivity index is 1.68. The maximum atomic E-state index is 5.26. The van der Waals surface area contributed by atoms with Crippen LogP contribution in [-0.2, 0) is 13.1 Å². The smallest absolute Gasteiger partial charge is 0.119 e. The average molecular weight is 304 g/mol. The van der Waals surface area contributed by atoms with E-state index in [0.29, 0.717) is 0 Å². The molecule has 4 heteroatoms. The molecule has 0 aliphatic carbocycles. The number of nitrogens with one attached hydrogen (secondary N) is 1. The summed E-state index contributed by atoms with van der Waals surface area (Å²) in [7, 11) is 3.86. The number of rotatable bonds is 8. The third-order valence-electron chi connectivity index (χ3n) is 3.35. The van der Waals surface area contributed by atoms with E-state index in [1.807, 2.05) is 23.5 Å². The van der Waals surface area contributed by atoms with E-state index in [2.05, 4.69) is 48.5 Å². The highest BCUT2D eigenvalue weighted by molar-refractivity contribution is 7.11. The van der Waals surface area contributed by atoms with Crippen molar-refractivity contribution < 1.29 is 4.74 Å². The summed E-state index contributed by atoms with van der Waals surface area (Å²) in [5.74, 6) is 0.923. The van der Waals surface area contributed by atoms with E-state index >= 15 is 0 Å². The van der Waals surface area contributed by atoms with E-state index in [4.69, 9.17) is 4.74 Å². The van der Waals surface area contributed by atoms with Crippen molar-refractivity contribution in [2.45, 2.75) is 20.0 Å². The zero-order valence-corrected chi connectivity index (χ0v) is 13.9. The zero-order valence-electron chi connectivity index (χ0n) is 13.1. The first kappa shape index (κ1) is 16.0. The Labute approximate surface area is 131 Å². The first-order valence-electron chi connectivity index (χ1n) is 7.25. The number of aryl methyl sites for hydroxylation is 1. The van der Waals surface area contributed by atoms with Crippen LogP contribution in [0.15, 0.2) is 36.4 Å². The second kappa shape index (κ2) is 8.17. The minimum absolute atomic E-state index is 0.923. The molecule has 0 atom stereocenters. The van der Waals surface area contributed by atoms with Gasteiger partial charge in [-0.3, -0.25) is 0 Å². The molecule has 0 unspecified atom stereocenters. The summed E-state index contributed by atoms with van der Waals surface area (Å²) in [5.41, 5.74) is 1.28. The van der Waals surface area contributed by atoms with Crippen LogP contribution in [-0.4, -0.2) is 32.1 Å². The van der Waals surface area contributed by atoms with Crippen LogP contribution >= 0.6 is 11.3 Å². The molecule has 3 nitrogen and oxygen atoms in total. The summed E-state index contributed by atoms with van der Waals surface area (Å²) < 4.78 is 5.26. The molecule has 1 N–H and O–H groups in total. The molecule has 0 spiro atoms. The van der Waals surface area contributed by atoms with Crippen molar-refractivity contribution in [2.75, 3.05) is 27.2 Å². The van der Waals surface area contributed by atoms with Crippen LogP contribution < -0.4 is 10.1 Å². The quantitative estimate of drug-likeness (QED) is 0.757. The lowest BCUT2D eigenvalue weighted by molar-refractivity contribution is 0.323. The van der Waals surface area contributed by atoms with E-state index in [-0.39, 0.29) is 0 Å². The highest BCUT2D eigenvalue weighted by Crippen LogP contribution is 2.15. The van der Waals surface area contributed by atoms with Crippen LogP contribution in [0.3, 0.4) is 0 Å². The Kier molecular flexibility index (Phi) is 6.23. The molecule has 1 heterocycles.